The lowest BCUT2D eigenvalue weighted by atomic mass is 9.95. The molecule has 3 rings (SSSR count). The Morgan fingerprint density at radius 3 is 2.62 bits per heavy atom. The van der Waals surface area contributed by atoms with E-state index in [-0.39, 0.29) is 4.90 Å². The monoisotopic (exact) mass is 302 g/mol. The van der Waals surface area contributed by atoms with E-state index < -0.39 is 10.0 Å². The first-order valence-corrected chi connectivity index (χ1v) is 8.48. The highest BCUT2D eigenvalue weighted by Gasteiger charge is 2.20. The normalized spacial score (nSPS) is 17.7. The summed E-state index contributed by atoms with van der Waals surface area (Å²) in [6.07, 6.45) is 0.962. The second-order valence-corrected chi connectivity index (χ2v) is 7.13. The molecular formula is C16H18N2O2S. The Labute approximate surface area is 125 Å². The lowest BCUT2D eigenvalue weighted by molar-refractivity contribution is 0.594. The van der Waals surface area contributed by atoms with Crippen LogP contribution in [0.2, 0.25) is 0 Å². The van der Waals surface area contributed by atoms with Crippen LogP contribution in [0.4, 0.5) is 11.4 Å². The maximum atomic E-state index is 12.4. The average molecular weight is 302 g/mol. The second-order valence-electron chi connectivity index (χ2n) is 5.45. The van der Waals surface area contributed by atoms with Gasteiger partial charge in [0.15, 0.2) is 0 Å². The minimum absolute atomic E-state index is 0.270. The predicted octanol–water partition coefficient (Wildman–Crippen LogP) is 3.09. The molecule has 1 heterocycles. The van der Waals surface area contributed by atoms with Gasteiger partial charge in [-0.05, 0) is 36.1 Å². The van der Waals surface area contributed by atoms with Gasteiger partial charge in [-0.1, -0.05) is 37.3 Å². The number of para-hydroxylation sites is 1. The second kappa shape index (κ2) is 5.41. The Morgan fingerprint density at radius 1 is 1.10 bits per heavy atom. The lowest BCUT2D eigenvalue weighted by Crippen LogP contribution is -2.23. The Hall–Kier alpha value is -2.01. The van der Waals surface area contributed by atoms with Crippen LogP contribution in [0.15, 0.2) is 53.4 Å². The molecule has 0 saturated heterocycles. The number of sulfonamides is 1. The number of benzene rings is 2. The molecule has 0 aromatic heterocycles. The molecule has 2 aromatic carbocycles. The van der Waals surface area contributed by atoms with E-state index in [2.05, 4.69) is 17.0 Å². The van der Waals surface area contributed by atoms with Crippen LogP contribution in [0, 0.1) is 5.92 Å². The van der Waals surface area contributed by atoms with Gasteiger partial charge >= 0.3 is 0 Å². The number of fused-ring (bicyclic) bond motifs is 1. The predicted molar refractivity (Wildman–Crippen MR) is 85.1 cm³/mol. The molecular weight excluding hydrogens is 284 g/mol. The van der Waals surface area contributed by atoms with E-state index in [9.17, 15) is 8.42 Å². The maximum absolute atomic E-state index is 12.4. The van der Waals surface area contributed by atoms with Gasteiger partial charge in [-0.3, -0.25) is 4.72 Å². The number of hydrogen-bond acceptors (Lipinski definition) is 3. The van der Waals surface area contributed by atoms with Gasteiger partial charge in [-0.2, -0.15) is 0 Å². The van der Waals surface area contributed by atoms with Crippen molar-refractivity contribution >= 4 is 21.4 Å². The van der Waals surface area contributed by atoms with Crippen molar-refractivity contribution in [3.63, 3.8) is 0 Å². The summed E-state index contributed by atoms with van der Waals surface area (Å²) in [5.41, 5.74) is 2.67. The zero-order valence-corrected chi connectivity index (χ0v) is 12.7. The molecule has 110 valence electrons. The molecule has 1 atom stereocenters. The topological polar surface area (TPSA) is 58.2 Å². The van der Waals surface area contributed by atoms with E-state index in [0.717, 1.165) is 24.2 Å². The summed E-state index contributed by atoms with van der Waals surface area (Å²) in [6, 6.07) is 14.1. The quantitative estimate of drug-likeness (QED) is 0.916. The molecule has 0 bridgehead atoms. The van der Waals surface area contributed by atoms with Gasteiger partial charge in [-0.25, -0.2) is 8.42 Å². The molecule has 0 radical (unpaired) electrons. The van der Waals surface area contributed by atoms with E-state index >= 15 is 0 Å². The highest BCUT2D eigenvalue weighted by atomic mass is 32.2. The van der Waals surface area contributed by atoms with Crippen molar-refractivity contribution in [2.75, 3.05) is 16.6 Å². The molecule has 0 fully saturated rings. The van der Waals surface area contributed by atoms with E-state index in [1.807, 2.05) is 12.1 Å². The molecule has 21 heavy (non-hydrogen) atoms. The van der Waals surface area contributed by atoms with Crippen LogP contribution < -0.4 is 10.0 Å². The summed E-state index contributed by atoms with van der Waals surface area (Å²) in [5.74, 6) is 0.554. The van der Waals surface area contributed by atoms with E-state index in [1.165, 1.54) is 0 Å². The van der Waals surface area contributed by atoms with E-state index in [0.29, 0.717) is 11.6 Å². The third-order valence-electron chi connectivity index (χ3n) is 3.64. The molecule has 5 heteroatoms. The Bertz CT molecular complexity index is 742. The van der Waals surface area contributed by atoms with Crippen molar-refractivity contribution in [2.24, 2.45) is 5.92 Å². The van der Waals surface area contributed by atoms with Crippen molar-refractivity contribution in [2.45, 2.75) is 18.2 Å². The van der Waals surface area contributed by atoms with Crippen molar-refractivity contribution in [3.05, 3.63) is 54.1 Å². The smallest absolute Gasteiger partial charge is 0.261 e. The first kappa shape index (κ1) is 13.9. The summed E-state index contributed by atoms with van der Waals surface area (Å²) >= 11 is 0. The minimum Gasteiger partial charge on any atom is -0.383 e. The van der Waals surface area contributed by atoms with Crippen LogP contribution in [-0.2, 0) is 16.4 Å². The highest BCUT2D eigenvalue weighted by molar-refractivity contribution is 7.92. The Morgan fingerprint density at radius 2 is 1.86 bits per heavy atom. The third kappa shape index (κ3) is 2.88. The summed E-state index contributed by atoms with van der Waals surface area (Å²) in [6.45, 7) is 3.04. The first-order chi connectivity index (χ1) is 10.1. The molecule has 0 spiro atoms. The molecule has 0 saturated carbocycles. The van der Waals surface area contributed by atoms with Crippen molar-refractivity contribution < 1.29 is 8.42 Å². The largest absolute Gasteiger partial charge is 0.383 e. The van der Waals surface area contributed by atoms with Gasteiger partial charge in [-0.15, -0.1) is 0 Å². The van der Waals surface area contributed by atoms with Gasteiger partial charge in [0.1, 0.15) is 0 Å². The Kier molecular flexibility index (Phi) is 3.59. The van der Waals surface area contributed by atoms with Crippen molar-refractivity contribution in [1.82, 2.24) is 0 Å². The summed E-state index contributed by atoms with van der Waals surface area (Å²) in [5, 5.41) is 3.33. The zero-order chi connectivity index (χ0) is 14.9. The molecule has 0 aliphatic carbocycles. The van der Waals surface area contributed by atoms with Crippen LogP contribution in [0.3, 0.4) is 0 Å². The summed E-state index contributed by atoms with van der Waals surface area (Å²) in [7, 11) is -3.55. The average Bonchev–Trinajstić information content (AvgIpc) is 2.48. The van der Waals surface area contributed by atoms with Gasteiger partial charge in [0.25, 0.3) is 10.0 Å². The fourth-order valence-electron chi connectivity index (χ4n) is 2.59. The van der Waals surface area contributed by atoms with Crippen LogP contribution in [0.5, 0.6) is 0 Å². The Balaban J connectivity index is 1.94. The van der Waals surface area contributed by atoms with Gasteiger partial charge in [0.2, 0.25) is 0 Å². The van der Waals surface area contributed by atoms with Crippen LogP contribution in [0.1, 0.15) is 12.5 Å². The molecule has 1 unspecified atom stereocenters. The van der Waals surface area contributed by atoms with E-state index in [4.69, 9.17) is 0 Å². The zero-order valence-electron chi connectivity index (χ0n) is 11.8. The van der Waals surface area contributed by atoms with Crippen molar-refractivity contribution in [1.29, 1.82) is 0 Å². The molecule has 1 aliphatic rings. The number of rotatable bonds is 3. The SMILES string of the molecule is CC1CNc2c(cccc2NS(=O)(=O)c2ccccc2)C1. The van der Waals surface area contributed by atoms with Gasteiger partial charge < -0.3 is 5.32 Å². The van der Waals surface area contributed by atoms with Crippen LogP contribution in [0.25, 0.3) is 0 Å². The number of hydrogen-bond donors (Lipinski definition) is 2. The number of nitrogens with one attached hydrogen (secondary N) is 2. The van der Waals surface area contributed by atoms with Gasteiger partial charge in [0.05, 0.1) is 16.3 Å². The number of anilines is 2. The summed E-state index contributed by atoms with van der Waals surface area (Å²) < 4.78 is 27.5. The fraction of sp³-hybridized carbons (Fsp3) is 0.250. The van der Waals surface area contributed by atoms with Gasteiger partial charge in [0, 0.05) is 6.54 Å². The standard InChI is InChI=1S/C16H18N2O2S/c1-12-10-13-6-5-9-15(16(13)17-11-12)18-21(19,20)14-7-3-2-4-8-14/h2-9,12,17-18H,10-11H2,1H3. The van der Waals surface area contributed by atoms with Crippen LogP contribution in [-0.4, -0.2) is 15.0 Å². The molecule has 2 aromatic rings. The molecule has 1 aliphatic heterocycles. The first-order valence-electron chi connectivity index (χ1n) is 7.00. The molecule has 0 amide bonds. The van der Waals surface area contributed by atoms with Crippen LogP contribution >= 0.6 is 0 Å². The molecule has 4 nitrogen and oxygen atoms in total. The maximum Gasteiger partial charge on any atom is 0.261 e. The summed E-state index contributed by atoms with van der Waals surface area (Å²) in [4.78, 5) is 0.270. The fourth-order valence-corrected chi connectivity index (χ4v) is 3.68. The van der Waals surface area contributed by atoms with Crippen molar-refractivity contribution in [3.8, 4) is 0 Å². The van der Waals surface area contributed by atoms with E-state index in [1.54, 1.807) is 36.4 Å². The minimum atomic E-state index is -3.55. The lowest BCUT2D eigenvalue weighted by Gasteiger charge is -2.25. The molecule has 2 N–H and O–H groups in total. The highest BCUT2D eigenvalue weighted by Crippen LogP contribution is 2.33. The third-order valence-corrected chi connectivity index (χ3v) is 5.03.